The van der Waals surface area contributed by atoms with Gasteiger partial charge in [-0.1, -0.05) is 6.92 Å². The van der Waals surface area contributed by atoms with Crippen molar-refractivity contribution >= 4 is 22.8 Å². The zero-order chi connectivity index (χ0) is 20.8. The number of nitrogens with zero attached hydrogens (tertiary/aromatic N) is 6. The van der Waals surface area contributed by atoms with E-state index in [1.165, 1.54) is 0 Å². The number of hydrogen-bond donors (Lipinski definition) is 0. The van der Waals surface area contributed by atoms with Crippen molar-refractivity contribution < 1.29 is 14.3 Å². The summed E-state index contributed by atoms with van der Waals surface area (Å²) in [5.74, 6) is 3.03. The Bertz CT molecular complexity index is 1130. The van der Waals surface area contributed by atoms with Crippen LogP contribution in [0.5, 0.6) is 11.5 Å². The molecule has 1 aromatic carbocycles. The second kappa shape index (κ2) is 7.16. The van der Waals surface area contributed by atoms with Gasteiger partial charge in [0.25, 0.3) is 5.91 Å². The van der Waals surface area contributed by atoms with Gasteiger partial charge in [-0.3, -0.25) is 9.48 Å². The van der Waals surface area contributed by atoms with Crippen molar-refractivity contribution in [3.05, 3.63) is 35.3 Å². The van der Waals surface area contributed by atoms with E-state index in [1.54, 1.807) is 18.2 Å². The molecule has 5 rings (SSSR count). The minimum atomic E-state index is 0.00593. The maximum atomic E-state index is 13.0. The highest BCUT2D eigenvalue weighted by atomic mass is 16.7. The molecule has 1 amide bonds. The van der Waals surface area contributed by atoms with Crippen LogP contribution in [-0.4, -0.2) is 63.5 Å². The quantitative estimate of drug-likeness (QED) is 0.655. The van der Waals surface area contributed by atoms with E-state index >= 15 is 0 Å². The first-order valence-corrected chi connectivity index (χ1v) is 10.2. The van der Waals surface area contributed by atoms with Gasteiger partial charge in [0.1, 0.15) is 16.9 Å². The minimum absolute atomic E-state index is 0.00593. The molecule has 1 fully saturated rings. The number of piperazine rings is 1. The summed E-state index contributed by atoms with van der Waals surface area (Å²) in [6.45, 7) is 6.88. The maximum Gasteiger partial charge on any atom is 0.254 e. The summed E-state index contributed by atoms with van der Waals surface area (Å²) in [5.41, 5.74) is 3.37. The standard InChI is InChI=1S/C21H24N6O3/c1-4-17-22-18-13(2)24-25(3)19(18)20(23-17)26-7-9-27(10-8-26)21(28)14-5-6-15-16(11-14)30-12-29-15/h5-6,11H,4,7-10,12H2,1-3H3. The summed E-state index contributed by atoms with van der Waals surface area (Å²) in [6.07, 6.45) is 0.764. The first kappa shape index (κ1) is 18.7. The first-order chi connectivity index (χ1) is 14.5. The number of fused-ring (bicyclic) bond motifs is 2. The van der Waals surface area contributed by atoms with Crippen molar-refractivity contribution in [3.8, 4) is 11.5 Å². The van der Waals surface area contributed by atoms with Crippen LogP contribution < -0.4 is 14.4 Å². The van der Waals surface area contributed by atoms with Crippen LogP contribution in [0.15, 0.2) is 18.2 Å². The molecule has 0 N–H and O–H groups in total. The number of carbonyl (C=O) groups excluding carboxylic acids is 1. The number of ether oxygens (including phenoxy) is 2. The summed E-state index contributed by atoms with van der Waals surface area (Å²) in [7, 11) is 1.92. The molecule has 0 radical (unpaired) electrons. The number of aromatic nitrogens is 4. The fraction of sp³-hybridized carbons (Fsp3) is 0.429. The number of amides is 1. The molecular formula is C21H24N6O3. The Morgan fingerprint density at radius 1 is 1.10 bits per heavy atom. The number of aryl methyl sites for hydroxylation is 3. The molecule has 9 nitrogen and oxygen atoms in total. The molecule has 0 saturated carbocycles. The Kier molecular flexibility index (Phi) is 4.45. The Morgan fingerprint density at radius 2 is 1.87 bits per heavy atom. The smallest absolute Gasteiger partial charge is 0.254 e. The van der Waals surface area contributed by atoms with Crippen molar-refractivity contribution in [1.82, 2.24) is 24.6 Å². The van der Waals surface area contributed by atoms with E-state index in [1.807, 2.05) is 23.6 Å². The molecule has 0 spiro atoms. The normalized spacial score (nSPS) is 15.8. The van der Waals surface area contributed by atoms with Crippen LogP contribution in [0.25, 0.3) is 11.0 Å². The highest BCUT2D eigenvalue weighted by Gasteiger charge is 2.27. The van der Waals surface area contributed by atoms with Crippen LogP contribution in [0.1, 0.15) is 28.8 Å². The van der Waals surface area contributed by atoms with E-state index in [0.717, 1.165) is 34.8 Å². The van der Waals surface area contributed by atoms with Gasteiger partial charge in [0.15, 0.2) is 17.3 Å². The third-order valence-electron chi connectivity index (χ3n) is 5.68. The number of benzene rings is 1. The summed E-state index contributed by atoms with van der Waals surface area (Å²) in [6, 6.07) is 5.35. The van der Waals surface area contributed by atoms with Gasteiger partial charge in [-0.2, -0.15) is 5.10 Å². The van der Waals surface area contributed by atoms with E-state index in [0.29, 0.717) is 43.2 Å². The van der Waals surface area contributed by atoms with Crippen molar-refractivity contribution in [2.75, 3.05) is 37.9 Å². The molecule has 0 unspecified atom stereocenters. The monoisotopic (exact) mass is 408 g/mol. The number of carbonyl (C=O) groups is 1. The Hall–Kier alpha value is -3.36. The van der Waals surface area contributed by atoms with E-state index in [-0.39, 0.29) is 12.7 Å². The lowest BCUT2D eigenvalue weighted by molar-refractivity contribution is 0.0746. The van der Waals surface area contributed by atoms with Gasteiger partial charge in [0, 0.05) is 45.2 Å². The predicted octanol–water partition coefficient (Wildman–Crippen LogP) is 1.93. The highest BCUT2D eigenvalue weighted by molar-refractivity contribution is 5.95. The maximum absolute atomic E-state index is 13.0. The topological polar surface area (TPSA) is 85.6 Å². The molecule has 0 aliphatic carbocycles. The molecular weight excluding hydrogens is 384 g/mol. The van der Waals surface area contributed by atoms with E-state index < -0.39 is 0 Å². The van der Waals surface area contributed by atoms with Gasteiger partial charge in [-0.25, -0.2) is 9.97 Å². The van der Waals surface area contributed by atoms with E-state index in [9.17, 15) is 4.79 Å². The SMILES string of the molecule is CCc1nc(N2CCN(C(=O)c3ccc4c(c3)OCO4)CC2)c2c(n1)c(C)nn2C. The second-order valence-corrected chi connectivity index (χ2v) is 7.57. The van der Waals surface area contributed by atoms with Crippen LogP contribution in [0.2, 0.25) is 0 Å². The van der Waals surface area contributed by atoms with Gasteiger partial charge in [0.2, 0.25) is 6.79 Å². The number of rotatable bonds is 3. The van der Waals surface area contributed by atoms with Crippen LogP contribution in [0.3, 0.4) is 0 Å². The van der Waals surface area contributed by atoms with Crippen LogP contribution in [0, 0.1) is 6.92 Å². The van der Waals surface area contributed by atoms with Crippen LogP contribution >= 0.6 is 0 Å². The predicted molar refractivity (Wildman–Crippen MR) is 111 cm³/mol. The van der Waals surface area contributed by atoms with Gasteiger partial charge in [-0.05, 0) is 25.1 Å². The van der Waals surface area contributed by atoms with Gasteiger partial charge in [-0.15, -0.1) is 0 Å². The molecule has 2 aromatic heterocycles. The molecule has 3 aromatic rings. The summed E-state index contributed by atoms with van der Waals surface area (Å²) < 4.78 is 12.6. The van der Waals surface area contributed by atoms with E-state index in [2.05, 4.69) is 21.9 Å². The largest absolute Gasteiger partial charge is 0.454 e. The third-order valence-corrected chi connectivity index (χ3v) is 5.68. The van der Waals surface area contributed by atoms with Crippen molar-refractivity contribution in [2.45, 2.75) is 20.3 Å². The summed E-state index contributed by atoms with van der Waals surface area (Å²) in [4.78, 5) is 26.6. The summed E-state index contributed by atoms with van der Waals surface area (Å²) >= 11 is 0. The second-order valence-electron chi connectivity index (χ2n) is 7.57. The molecule has 1 saturated heterocycles. The molecule has 2 aliphatic heterocycles. The Morgan fingerprint density at radius 3 is 2.63 bits per heavy atom. The molecule has 4 heterocycles. The lowest BCUT2D eigenvalue weighted by atomic mass is 10.1. The van der Waals surface area contributed by atoms with E-state index in [4.69, 9.17) is 14.5 Å². The van der Waals surface area contributed by atoms with Crippen molar-refractivity contribution in [2.24, 2.45) is 7.05 Å². The first-order valence-electron chi connectivity index (χ1n) is 10.2. The number of hydrogen-bond acceptors (Lipinski definition) is 7. The summed E-state index contributed by atoms with van der Waals surface area (Å²) in [5, 5.41) is 4.53. The minimum Gasteiger partial charge on any atom is -0.454 e. The fourth-order valence-corrected chi connectivity index (χ4v) is 4.07. The lowest BCUT2D eigenvalue weighted by Gasteiger charge is -2.35. The average molecular weight is 408 g/mol. The molecule has 0 atom stereocenters. The van der Waals surface area contributed by atoms with Gasteiger partial charge >= 0.3 is 0 Å². The highest BCUT2D eigenvalue weighted by Crippen LogP contribution is 2.33. The van der Waals surface area contributed by atoms with Crippen molar-refractivity contribution in [3.63, 3.8) is 0 Å². The zero-order valence-electron chi connectivity index (χ0n) is 17.4. The molecule has 9 heteroatoms. The van der Waals surface area contributed by atoms with Crippen molar-refractivity contribution in [1.29, 1.82) is 0 Å². The fourth-order valence-electron chi connectivity index (χ4n) is 4.07. The molecule has 0 bridgehead atoms. The number of anilines is 1. The molecule has 30 heavy (non-hydrogen) atoms. The van der Waals surface area contributed by atoms with Gasteiger partial charge in [0.05, 0.1) is 5.69 Å². The van der Waals surface area contributed by atoms with Crippen LogP contribution in [0.4, 0.5) is 5.82 Å². The van der Waals surface area contributed by atoms with Gasteiger partial charge < -0.3 is 19.3 Å². The van der Waals surface area contributed by atoms with Crippen LogP contribution in [-0.2, 0) is 13.5 Å². The molecule has 2 aliphatic rings. The Balaban J connectivity index is 1.37. The molecule has 156 valence electrons. The Labute approximate surface area is 174 Å². The average Bonchev–Trinajstić information content (AvgIpc) is 3.36. The third kappa shape index (κ3) is 3.01. The zero-order valence-corrected chi connectivity index (χ0v) is 17.4. The lowest BCUT2D eigenvalue weighted by Crippen LogP contribution is -2.49.